The van der Waals surface area contributed by atoms with E-state index in [1.54, 1.807) is 11.8 Å². The molecule has 0 aromatic rings. The molecule has 0 heterocycles. The molecule has 20 heavy (non-hydrogen) atoms. The highest BCUT2D eigenvalue weighted by Gasteiger charge is 2.42. The molecule has 112 valence electrons. The Morgan fingerprint density at radius 2 is 1.95 bits per heavy atom. The molecule has 0 radical (unpaired) electrons. The Bertz CT molecular complexity index is 391. The normalized spacial score (nSPS) is 31.4. The summed E-state index contributed by atoms with van der Waals surface area (Å²) in [6.45, 7) is 2.34. The smallest absolute Gasteiger partial charge is 0.325 e. The number of fused-ring (bicyclic) bond motifs is 2. The predicted molar refractivity (Wildman–Crippen MR) is 74.9 cm³/mol. The number of amides is 1. The number of hydrogen-bond donors (Lipinski definition) is 0. The van der Waals surface area contributed by atoms with Crippen LogP contribution in [0.5, 0.6) is 0 Å². The lowest BCUT2D eigenvalue weighted by atomic mass is 9.86. The molecule has 0 saturated heterocycles. The molecule has 3 fully saturated rings. The Hall–Kier alpha value is -1.06. The summed E-state index contributed by atoms with van der Waals surface area (Å²) in [4.78, 5) is 25.9. The fourth-order valence-corrected chi connectivity index (χ4v) is 4.12. The van der Waals surface area contributed by atoms with E-state index in [2.05, 4.69) is 0 Å². The van der Waals surface area contributed by atoms with Crippen LogP contribution in [-0.2, 0) is 14.3 Å². The first-order valence-corrected chi connectivity index (χ1v) is 8.12. The zero-order valence-corrected chi connectivity index (χ0v) is 12.3. The van der Waals surface area contributed by atoms with Gasteiger partial charge in [0.1, 0.15) is 6.54 Å². The van der Waals surface area contributed by atoms with Gasteiger partial charge < -0.3 is 9.64 Å². The third-order valence-electron chi connectivity index (χ3n) is 5.23. The zero-order chi connectivity index (χ0) is 14.1. The Labute approximate surface area is 120 Å². The molecule has 0 spiro atoms. The van der Waals surface area contributed by atoms with Gasteiger partial charge in [0.05, 0.1) is 6.61 Å². The van der Waals surface area contributed by atoms with E-state index < -0.39 is 0 Å². The summed E-state index contributed by atoms with van der Waals surface area (Å²) in [6.07, 6.45) is 7.98. The molecular formula is C16H25NO3. The Morgan fingerprint density at radius 3 is 2.50 bits per heavy atom. The number of carbonyl (C=O) groups excluding carboxylic acids is 2. The molecule has 4 heteroatoms. The van der Waals surface area contributed by atoms with Crippen molar-refractivity contribution < 1.29 is 14.3 Å². The van der Waals surface area contributed by atoms with E-state index >= 15 is 0 Å². The summed E-state index contributed by atoms with van der Waals surface area (Å²) >= 11 is 0. The van der Waals surface area contributed by atoms with E-state index in [4.69, 9.17) is 4.74 Å². The molecule has 0 aromatic carbocycles. The van der Waals surface area contributed by atoms with Crippen LogP contribution in [0, 0.1) is 17.8 Å². The van der Waals surface area contributed by atoms with Crippen LogP contribution in [0.15, 0.2) is 0 Å². The second-order valence-electron chi connectivity index (χ2n) is 6.70. The topological polar surface area (TPSA) is 46.6 Å². The van der Waals surface area contributed by atoms with Gasteiger partial charge in [-0.25, -0.2) is 0 Å². The first-order valence-electron chi connectivity index (χ1n) is 8.12. The number of rotatable bonds is 6. The molecule has 3 atom stereocenters. The highest BCUT2D eigenvalue weighted by molar-refractivity contribution is 5.82. The minimum Gasteiger partial charge on any atom is -0.465 e. The van der Waals surface area contributed by atoms with Crippen molar-refractivity contribution in [3.63, 3.8) is 0 Å². The minimum atomic E-state index is -0.263. The molecule has 3 aliphatic carbocycles. The molecule has 1 amide bonds. The van der Waals surface area contributed by atoms with Gasteiger partial charge in [0.25, 0.3) is 0 Å². The molecular weight excluding hydrogens is 254 g/mol. The van der Waals surface area contributed by atoms with Crippen LogP contribution in [0.4, 0.5) is 0 Å². The van der Waals surface area contributed by atoms with Crippen LogP contribution in [0.25, 0.3) is 0 Å². The van der Waals surface area contributed by atoms with Crippen molar-refractivity contribution in [3.8, 4) is 0 Å². The van der Waals surface area contributed by atoms with Crippen LogP contribution in [0.2, 0.25) is 0 Å². The molecule has 3 aliphatic rings. The first kappa shape index (κ1) is 13.9. The highest BCUT2D eigenvalue weighted by Crippen LogP contribution is 2.49. The van der Waals surface area contributed by atoms with E-state index in [0.29, 0.717) is 25.0 Å². The van der Waals surface area contributed by atoms with Crippen molar-refractivity contribution in [1.82, 2.24) is 4.90 Å². The van der Waals surface area contributed by atoms with Crippen molar-refractivity contribution >= 4 is 11.9 Å². The number of ether oxygens (including phenoxy) is 1. The molecule has 0 aliphatic heterocycles. The second-order valence-corrected chi connectivity index (χ2v) is 6.70. The lowest BCUT2D eigenvalue weighted by Crippen LogP contribution is -2.39. The van der Waals surface area contributed by atoms with Crippen molar-refractivity contribution in [1.29, 1.82) is 0 Å². The van der Waals surface area contributed by atoms with Gasteiger partial charge in [0.2, 0.25) is 5.91 Å². The molecule has 4 nitrogen and oxygen atoms in total. The van der Waals surface area contributed by atoms with Crippen LogP contribution in [0.3, 0.4) is 0 Å². The zero-order valence-electron chi connectivity index (χ0n) is 12.3. The van der Waals surface area contributed by atoms with Crippen molar-refractivity contribution in [2.24, 2.45) is 17.8 Å². The number of carbonyl (C=O) groups is 2. The Balaban J connectivity index is 1.54. The first-order chi connectivity index (χ1) is 9.67. The molecule has 3 rings (SSSR count). The van der Waals surface area contributed by atoms with Crippen LogP contribution < -0.4 is 0 Å². The number of nitrogens with zero attached hydrogens (tertiary/aromatic N) is 1. The van der Waals surface area contributed by atoms with Gasteiger partial charge in [0, 0.05) is 12.5 Å². The minimum absolute atomic E-state index is 0.151. The second kappa shape index (κ2) is 5.74. The summed E-state index contributed by atoms with van der Waals surface area (Å²) in [7, 11) is 0. The predicted octanol–water partition coefficient (Wildman–Crippen LogP) is 2.37. The fraction of sp³-hybridized carbons (Fsp3) is 0.875. The van der Waals surface area contributed by atoms with Crippen molar-refractivity contribution in [2.75, 3.05) is 13.2 Å². The lowest BCUT2D eigenvalue weighted by molar-refractivity contribution is -0.149. The van der Waals surface area contributed by atoms with Gasteiger partial charge in [-0.3, -0.25) is 9.59 Å². The number of esters is 1. The van der Waals surface area contributed by atoms with Gasteiger partial charge in [0.15, 0.2) is 0 Å². The number of hydrogen-bond acceptors (Lipinski definition) is 3. The summed E-state index contributed by atoms with van der Waals surface area (Å²) < 4.78 is 4.99. The van der Waals surface area contributed by atoms with Gasteiger partial charge in [-0.15, -0.1) is 0 Å². The molecule has 3 saturated carbocycles. The maximum Gasteiger partial charge on any atom is 0.325 e. The largest absolute Gasteiger partial charge is 0.465 e. The van der Waals surface area contributed by atoms with E-state index in [9.17, 15) is 9.59 Å². The van der Waals surface area contributed by atoms with Gasteiger partial charge >= 0.3 is 5.97 Å². The van der Waals surface area contributed by atoms with E-state index in [1.807, 2.05) is 0 Å². The SMILES string of the molecule is CCOC(=O)CN(C(=O)CC1CC2CCC1C2)C1CC1. The summed E-state index contributed by atoms with van der Waals surface area (Å²) in [6, 6.07) is 0.297. The average molecular weight is 279 g/mol. The third-order valence-corrected chi connectivity index (χ3v) is 5.23. The van der Waals surface area contributed by atoms with Gasteiger partial charge in [-0.2, -0.15) is 0 Å². The van der Waals surface area contributed by atoms with E-state index in [1.165, 1.54) is 25.7 Å². The van der Waals surface area contributed by atoms with E-state index in [0.717, 1.165) is 24.7 Å². The highest BCUT2D eigenvalue weighted by atomic mass is 16.5. The van der Waals surface area contributed by atoms with Gasteiger partial charge in [-0.1, -0.05) is 6.42 Å². The van der Waals surface area contributed by atoms with Crippen LogP contribution in [0.1, 0.15) is 51.9 Å². The Morgan fingerprint density at radius 1 is 1.15 bits per heavy atom. The Kier molecular flexibility index (Phi) is 3.99. The standard InChI is InChI=1S/C16H25NO3/c1-2-20-16(19)10-17(14-5-6-14)15(18)9-13-8-11-3-4-12(13)7-11/h11-14H,2-10H2,1H3. The van der Waals surface area contributed by atoms with Crippen molar-refractivity contribution in [2.45, 2.75) is 57.9 Å². The van der Waals surface area contributed by atoms with Crippen LogP contribution in [-0.4, -0.2) is 36.0 Å². The average Bonchev–Trinajstić information content (AvgIpc) is 3.05. The summed E-state index contributed by atoms with van der Waals surface area (Å²) in [5.74, 6) is 2.13. The molecule has 3 unspecified atom stereocenters. The molecule has 0 aromatic heterocycles. The summed E-state index contributed by atoms with van der Waals surface area (Å²) in [5.41, 5.74) is 0. The van der Waals surface area contributed by atoms with Crippen LogP contribution >= 0.6 is 0 Å². The maximum atomic E-state index is 12.5. The molecule has 0 N–H and O–H groups in total. The quantitative estimate of drug-likeness (QED) is 0.701. The maximum absolute atomic E-state index is 12.5. The van der Waals surface area contributed by atoms with Gasteiger partial charge in [-0.05, 0) is 56.8 Å². The monoisotopic (exact) mass is 279 g/mol. The fourth-order valence-electron chi connectivity index (χ4n) is 4.12. The summed E-state index contributed by atoms with van der Waals surface area (Å²) in [5, 5.41) is 0. The molecule has 2 bridgehead atoms. The van der Waals surface area contributed by atoms with Crippen molar-refractivity contribution in [3.05, 3.63) is 0 Å². The lowest BCUT2D eigenvalue weighted by Gasteiger charge is -2.26. The van der Waals surface area contributed by atoms with E-state index in [-0.39, 0.29) is 18.4 Å². The third kappa shape index (κ3) is 2.99.